The van der Waals surface area contributed by atoms with Crippen molar-refractivity contribution in [3.63, 3.8) is 0 Å². The molecule has 1 aliphatic rings. The Labute approximate surface area is 122 Å². The Kier molecular flexibility index (Phi) is 5.34. The SMILES string of the molecule is C[C@@H](NCC(=O)Nc1ccc(F)cc1Cl)[C@H]1CCCO1. The van der Waals surface area contributed by atoms with E-state index in [1.54, 1.807) is 0 Å². The van der Waals surface area contributed by atoms with E-state index in [2.05, 4.69) is 10.6 Å². The van der Waals surface area contributed by atoms with Crippen molar-refractivity contribution >= 4 is 23.2 Å². The number of halogens is 2. The van der Waals surface area contributed by atoms with Crippen LogP contribution in [0.2, 0.25) is 5.02 Å². The van der Waals surface area contributed by atoms with E-state index in [-0.39, 0.29) is 29.6 Å². The molecule has 1 amide bonds. The first kappa shape index (κ1) is 15.2. The number of hydrogen-bond acceptors (Lipinski definition) is 3. The minimum Gasteiger partial charge on any atom is -0.377 e. The van der Waals surface area contributed by atoms with Crippen LogP contribution in [0.25, 0.3) is 0 Å². The summed E-state index contributed by atoms with van der Waals surface area (Å²) in [6.07, 6.45) is 2.24. The molecule has 2 atom stereocenters. The van der Waals surface area contributed by atoms with Crippen LogP contribution in [0.1, 0.15) is 19.8 Å². The van der Waals surface area contributed by atoms with Crippen LogP contribution in [0.3, 0.4) is 0 Å². The summed E-state index contributed by atoms with van der Waals surface area (Å²) in [4.78, 5) is 11.8. The lowest BCUT2D eigenvalue weighted by atomic mass is 10.1. The van der Waals surface area contributed by atoms with E-state index < -0.39 is 5.82 Å². The van der Waals surface area contributed by atoms with Gasteiger partial charge in [-0.15, -0.1) is 0 Å². The van der Waals surface area contributed by atoms with E-state index in [9.17, 15) is 9.18 Å². The summed E-state index contributed by atoms with van der Waals surface area (Å²) in [6, 6.07) is 3.98. The number of hydrogen-bond donors (Lipinski definition) is 2. The summed E-state index contributed by atoms with van der Waals surface area (Å²) in [5.74, 6) is -0.651. The summed E-state index contributed by atoms with van der Waals surface area (Å²) in [6.45, 7) is 2.94. The molecule has 2 N–H and O–H groups in total. The molecule has 0 unspecified atom stereocenters. The van der Waals surface area contributed by atoms with Crippen molar-refractivity contribution in [3.8, 4) is 0 Å². The van der Waals surface area contributed by atoms with Gasteiger partial charge >= 0.3 is 0 Å². The number of carbonyl (C=O) groups excluding carboxylic acids is 1. The lowest BCUT2D eigenvalue weighted by molar-refractivity contribution is -0.115. The third-order valence-electron chi connectivity index (χ3n) is 3.31. The zero-order valence-corrected chi connectivity index (χ0v) is 12.0. The Morgan fingerprint density at radius 1 is 1.60 bits per heavy atom. The molecule has 0 aromatic heterocycles. The van der Waals surface area contributed by atoms with Crippen molar-refractivity contribution in [2.24, 2.45) is 0 Å². The fourth-order valence-electron chi connectivity index (χ4n) is 2.17. The van der Waals surface area contributed by atoms with Gasteiger partial charge in [0, 0.05) is 12.6 Å². The molecule has 1 aliphatic heterocycles. The van der Waals surface area contributed by atoms with Crippen LogP contribution in [-0.2, 0) is 9.53 Å². The molecule has 110 valence electrons. The quantitative estimate of drug-likeness (QED) is 0.879. The molecule has 1 saturated heterocycles. The second-order valence-corrected chi connectivity index (χ2v) is 5.30. The normalized spacial score (nSPS) is 19.9. The number of rotatable bonds is 5. The molecule has 1 fully saturated rings. The van der Waals surface area contributed by atoms with Crippen LogP contribution < -0.4 is 10.6 Å². The second-order valence-electron chi connectivity index (χ2n) is 4.89. The van der Waals surface area contributed by atoms with Crippen molar-refractivity contribution in [2.75, 3.05) is 18.5 Å². The largest absolute Gasteiger partial charge is 0.377 e. The second kappa shape index (κ2) is 7.02. The first-order valence-corrected chi connectivity index (χ1v) is 7.04. The average molecular weight is 301 g/mol. The number of nitrogens with one attached hydrogen (secondary N) is 2. The lowest BCUT2D eigenvalue weighted by Gasteiger charge is -2.19. The Balaban J connectivity index is 1.80. The van der Waals surface area contributed by atoms with Crippen molar-refractivity contribution in [1.82, 2.24) is 5.32 Å². The van der Waals surface area contributed by atoms with Gasteiger partial charge in [0.05, 0.1) is 23.4 Å². The van der Waals surface area contributed by atoms with E-state index in [4.69, 9.17) is 16.3 Å². The monoisotopic (exact) mass is 300 g/mol. The molecule has 4 nitrogen and oxygen atoms in total. The van der Waals surface area contributed by atoms with Gasteiger partial charge in [-0.25, -0.2) is 4.39 Å². The highest BCUT2D eigenvalue weighted by Gasteiger charge is 2.22. The maximum atomic E-state index is 12.9. The number of amides is 1. The molecule has 0 spiro atoms. The van der Waals surface area contributed by atoms with Crippen LogP contribution >= 0.6 is 11.6 Å². The Morgan fingerprint density at radius 2 is 2.40 bits per heavy atom. The summed E-state index contributed by atoms with van der Waals surface area (Å²) in [5, 5.41) is 5.95. The molecule has 0 bridgehead atoms. The van der Waals surface area contributed by atoms with Crippen LogP contribution in [0.4, 0.5) is 10.1 Å². The average Bonchev–Trinajstić information content (AvgIpc) is 2.93. The summed E-state index contributed by atoms with van der Waals surface area (Å²) < 4.78 is 18.4. The zero-order chi connectivity index (χ0) is 14.5. The Morgan fingerprint density at radius 3 is 3.05 bits per heavy atom. The van der Waals surface area contributed by atoms with Gasteiger partial charge in [0.1, 0.15) is 5.82 Å². The highest BCUT2D eigenvalue weighted by Crippen LogP contribution is 2.22. The van der Waals surface area contributed by atoms with E-state index in [1.165, 1.54) is 18.2 Å². The third-order valence-corrected chi connectivity index (χ3v) is 3.63. The Bertz CT molecular complexity index is 478. The summed E-state index contributed by atoms with van der Waals surface area (Å²) >= 11 is 5.84. The molecule has 0 aliphatic carbocycles. The highest BCUT2D eigenvalue weighted by atomic mass is 35.5. The first-order chi connectivity index (χ1) is 9.56. The molecular formula is C14H18ClFN2O2. The standard InChI is InChI=1S/C14H18ClFN2O2/c1-9(13-3-2-6-20-13)17-8-14(19)18-12-5-4-10(16)7-11(12)15/h4-5,7,9,13,17H,2-3,6,8H2,1H3,(H,18,19)/t9-,13-/m1/s1. The maximum Gasteiger partial charge on any atom is 0.238 e. The van der Waals surface area contributed by atoms with Gasteiger partial charge in [0.25, 0.3) is 0 Å². The number of anilines is 1. The van der Waals surface area contributed by atoms with Crippen LogP contribution in [0.15, 0.2) is 18.2 Å². The third kappa shape index (κ3) is 4.16. The topological polar surface area (TPSA) is 50.4 Å². The smallest absolute Gasteiger partial charge is 0.238 e. The number of ether oxygens (including phenoxy) is 1. The summed E-state index contributed by atoms with van der Waals surface area (Å²) in [7, 11) is 0. The lowest BCUT2D eigenvalue weighted by Crippen LogP contribution is -2.41. The molecule has 6 heteroatoms. The van der Waals surface area contributed by atoms with Gasteiger partial charge < -0.3 is 15.4 Å². The molecule has 2 rings (SSSR count). The summed E-state index contributed by atoms with van der Waals surface area (Å²) in [5.41, 5.74) is 0.407. The van der Waals surface area contributed by atoms with Gasteiger partial charge in [0.2, 0.25) is 5.91 Å². The van der Waals surface area contributed by atoms with Gasteiger partial charge in [0.15, 0.2) is 0 Å². The van der Waals surface area contributed by atoms with Crippen molar-refractivity contribution in [2.45, 2.75) is 31.9 Å². The van der Waals surface area contributed by atoms with Crippen LogP contribution in [-0.4, -0.2) is 31.2 Å². The molecule has 0 saturated carbocycles. The minimum absolute atomic E-state index is 0.118. The molecular weight excluding hydrogens is 283 g/mol. The molecule has 1 aromatic rings. The van der Waals surface area contributed by atoms with Crippen molar-refractivity contribution < 1.29 is 13.9 Å². The maximum absolute atomic E-state index is 12.9. The first-order valence-electron chi connectivity index (χ1n) is 6.66. The predicted molar refractivity (Wildman–Crippen MR) is 76.5 cm³/mol. The van der Waals surface area contributed by atoms with Gasteiger partial charge in [-0.2, -0.15) is 0 Å². The number of carbonyl (C=O) groups is 1. The highest BCUT2D eigenvalue weighted by molar-refractivity contribution is 6.33. The zero-order valence-electron chi connectivity index (χ0n) is 11.3. The van der Waals surface area contributed by atoms with Gasteiger partial charge in [-0.3, -0.25) is 4.79 Å². The molecule has 1 aromatic carbocycles. The fourth-order valence-corrected chi connectivity index (χ4v) is 2.38. The molecule has 0 radical (unpaired) electrons. The molecule has 20 heavy (non-hydrogen) atoms. The van der Waals surface area contributed by atoms with Crippen LogP contribution in [0, 0.1) is 5.82 Å². The van der Waals surface area contributed by atoms with Crippen molar-refractivity contribution in [1.29, 1.82) is 0 Å². The van der Waals surface area contributed by atoms with E-state index >= 15 is 0 Å². The van der Waals surface area contributed by atoms with E-state index in [0.717, 1.165) is 19.4 Å². The molecule has 1 heterocycles. The number of benzene rings is 1. The van der Waals surface area contributed by atoms with Crippen LogP contribution in [0.5, 0.6) is 0 Å². The van der Waals surface area contributed by atoms with Gasteiger partial charge in [-0.1, -0.05) is 11.6 Å². The van der Waals surface area contributed by atoms with Crippen molar-refractivity contribution in [3.05, 3.63) is 29.0 Å². The minimum atomic E-state index is -0.432. The predicted octanol–water partition coefficient (Wildman–Crippen LogP) is 2.57. The van der Waals surface area contributed by atoms with Gasteiger partial charge in [-0.05, 0) is 38.0 Å². The van der Waals surface area contributed by atoms with E-state index in [1.807, 2.05) is 6.92 Å². The Hall–Kier alpha value is -1.17. The van der Waals surface area contributed by atoms with E-state index in [0.29, 0.717) is 5.69 Å². The fraction of sp³-hybridized carbons (Fsp3) is 0.500.